The van der Waals surface area contributed by atoms with Crippen LogP contribution < -0.4 is 10.6 Å². The summed E-state index contributed by atoms with van der Waals surface area (Å²) in [6.45, 7) is 3.51. The van der Waals surface area contributed by atoms with E-state index in [1.54, 1.807) is 13.0 Å². The molecule has 0 saturated heterocycles. The highest BCUT2D eigenvalue weighted by Gasteiger charge is 2.10. The van der Waals surface area contributed by atoms with Crippen molar-refractivity contribution in [2.24, 2.45) is 0 Å². The minimum absolute atomic E-state index is 0.157. The molecule has 2 rings (SSSR count). The van der Waals surface area contributed by atoms with Gasteiger partial charge in [0.25, 0.3) is 0 Å². The summed E-state index contributed by atoms with van der Waals surface area (Å²) in [4.78, 5) is 10.5. The van der Waals surface area contributed by atoms with Crippen molar-refractivity contribution in [3.63, 3.8) is 0 Å². The topological polar surface area (TPSA) is 53.1 Å². The summed E-state index contributed by atoms with van der Waals surface area (Å²) < 4.78 is 27.4. The smallest absolute Gasteiger partial charge is 0.229 e. The van der Waals surface area contributed by atoms with Gasteiger partial charge in [0.15, 0.2) is 0 Å². The molecule has 5 nitrogen and oxygen atoms in total. The summed E-state index contributed by atoms with van der Waals surface area (Å²) in [7, 11) is 4.03. The summed E-state index contributed by atoms with van der Waals surface area (Å²) in [5.74, 6) is -0.592. The minimum Gasteiger partial charge on any atom is -0.370 e. The van der Waals surface area contributed by atoms with Crippen LogP contribution in [0.4, 0.5) is 26.2 Å². The van der Waals surface area contributed by atoms with Gasteiger partial charge in [-0.05, 0) is 46.1 Å². The number of para-hydroxylation sites is 1. The predicted octanol–water partition coefficient (Wildman–Crippen LogP) is 3.17. The first-order chi connectivity index (χ1) is 11.0. The van der Waals surface area contributed by atoms with Crippen molar-refractivity contribution in [2.75, 3.05) is 37.8 Å². The van der Waals surface area contributed by atoms with Crippen molar-refractivity contribution < 1.29 is 8.78 Å². The fourth-order valence-corrected chi connectivity index (χ4v) is 2.06. The van der Waals surface area contributed by atoms with Crippen molar-refractivity contribution in [1.29, 1.82) is 0 Å². The average molecular weight is 321 g/mol. The molecular weight excluding hydrogens is 300 g/mol. The molecule has 0 aliphatic heterocycles. The summed E-state index contributed by atoms with van der Waals surface area (Å²) in [6.07, 6.45) is 0.959. The van der Waals surface area contributed by atoms with Crippen molar-refractivity contribution >= 4 is 17.5 Å². The molecule has 2 aromatic rings. The lowest BCUT2D eigenvalue weighted by Crippen LogP contribution is -2.17. The zero-order valence-corrected chi connectivity index (χ0v) is 13.5. The third kappa shape index (κ3) is 5.14. The van der Waals surface area contributed by atoms with E-state index in [2.05, 4.69) is 25.5 Å². The lowest BCUT2D eigenvalue weighted by atomic mass is 10.3. The molecular formula is C16H21F2N5. The van der Waals surface area contributed by atoms with Gasteiger partial charge < -0.3 is 15.5 Å². The minimum atomic E-state index is -0.685. The highest BCUT2D eigenvalue weighted by atomic mass is 19.1. The number of nitrogens with zero attached hydrogens (tertiary/aromatic N) is 3. The van der Waals surface area contributed by atoms with Gasteiger partial charge in [-0.15, -0.1) is 0 Å². The molecule has 124 valence electrons. The van der Waals surface area contributed by atoms with Gasteiger partial charge in [-0.25, -0.2) is 13.8 Å². The van der Waals surface area contributed by atoms with Crippen molar-refractivity contribution in [3.8, 4) is 0 Å². The molecule has 0 amide bonds. The van der Waals surface area contributed by atoms with Crippen molar-refractivity contribution in [2.45, 2.75) is 13.3 Å². The molecule has 23 heavy (non-hydrogen) atoms. The van der Waals surface area contributed by atoms with Gasteiger partial charge in [-0.2, -0.15) is 4.98 Å². The van der Waals surface area contributed by atoms with Crippen LogP contribution >= 0.6 is 0 Å². The van der Waals surface area contributed by atoms with Crippen LogP contribution in [0.25, 0.3) is 0 Å². The Hall–Kier alpha value is -2.28. The molecule has 0 aliphatic rings. The Balaban J connectivity index is 2.08. The molecule has 0 saturated carbocycles. The largest absolute Gasteiger partial charge is 0.370 e. The molecule has 0 atom stereocenters. The van der Waals surface area contributed by atoms with Gasteiger partial charge in [-0.1, -0.05) is 6.07 Å². The Kier molecular flexibility index (Phi) is 5.81. The summed E-state index contributed by atoms with van der Waals surface area (Å²) in [5.41, 5.74) is 0.450. The quantitative estimate of drug-likeness (QED) is 0.767. The van der Waals surface area contributed by atoms with Gasteiger partial charge >= 0.3 is 0 Å². The van der Waals surface area contributed by atoms with Crippen LogP contribution in [0.1, 0.15) is 12.1 Å². The maximum absolute atomic E-state index is 13.7. The molecule has 1 aromatic heterocycles. The van der Waals surface area contributed by atoms with Gasteiger partial charge in [0, 0.05) is 18.3 Å². The molecule has 7 heteroatoms. The Morgan fingerprint density at radius 3 is 2.48 bits per heavy atom. The van der Waals surface area contributed by atoms with E-state index in [0.29, 0.717) is 11.5 Å². The molecule has 0 aliphatic carbocycles. The number of benzene rings is 1. The van der Waals surface area contributed by atoms with Crippen molar-refractivity contribution in [1.82, 2.24) is 14.9 Å². The number of hydrogen-bond donors (Lipinski definition) is 2. The second-order valence-electron chi connectivity index (χ2n) is 5.52. The summed E-state index contributed by atoms with van der Waals surface area (Å²) >= 11 is 0. The molecule has 0 spiro atoms. The van der Waals surface area contributed by atoms with E-state index in [1.807, 2.05) is 14.1 Å². The van der Waals surface area contributed by atoms with Crippen LogP contribution in [-0.4, -0.2) is 42.1 Å². The number of aromatic nitrogens is 2. The predicted molar refractivity (Wildman–Crippen MR) is 88.1 cm³/mol. The van der Waals surface area contributed by atoms with Crippen LogP contribution in [0, 0.1) is 18.6 Å². The fourth-order valence-electron chi connectivity index (χ4n) is 2.06. The first-order valence-electron chi connectivity index (χ1n) is 7.41. The molecule has 1 heterocycles. The van der Waals surface area contributed by atoms with E-state index in [0.717, 1.165) is 19.5 Å². The van der Waals surface area contributed by atoms with Crippen LogP contribution in [0.2, 0.25) is 0 Å². The van der Waals surface area contributed by atoms with Crippen LogP contribution in [0.15, 0.2) is 24.3 Å². The molecule has 0 bridgehead atoms. The van der Waals surface area contributed by atoms with E-state index in [-0.39, 0.29) is 11.6 Å². The Morgan fingerprint density at radius 2 is 1.83 bits per heavy atom. The number of rotatable bonds is 7. The SMILES string of the molecule is Cc1cc(NCCCN(C)C)nc(Nc2c(F)cccc2F)n1. The number of hydrogen-bond acceptors (Lipinski definition) is 5. The second-order valence-corrected chi connectivity index (χ2v) is 5.52. The maximum Gasteiger partial charge on any atom is 0.229 e. The highest BCUT2D eigenvalue weighted by Crippen LogP contribution is 2.22. The van der Waals surface area contributed by atoms with E-state index in [9.17, 15) is 8.78 Å². The van der Waals surface area contributed by atoms with Crippen LogP contribution in [-0.2, 0) is 0 Å². The standard InChI is InChI=1S/C16H21F2N5/c1-11-10-14(19-8-5-9-23(2)3)21-16(20-11)22-15-12(17)6-4-7-13(15)18/h4,6-7,10H,5,8-9H2,1-3H3,(H2,19,20,21,22). The Bertz CT molecular complexity index is 641. The first-order valence-corrected chi connectivity index (χ1v) is 7.41. The van der Waals surface area contributed by atoms with Gasteiger partial charge in [0.1, 0.15) is 23.1 Å². The maximum atomic E-state index is 13.7. The second kappa shape index (κ2) is 7.82. The molecule has 0 radical (unpaired) electrons. The van der Waals surface area contributed by atoms with E-state index in [1.165, 1.54) is 18.2 Å². The molecule has 0 unspecified atom stereocenters. The fraction of sp³-hybridized carbons (Fsp3) is 0.375. The lowest BCUT2D eigenvalue weighted by Gasteiger charge is -2.12. The van der Waals surface area contributed by atoms with E-state index < -0.39 is 11.6 Å². The molecule has 1 aromatic carbocycles. The third-order valence-corrected chi connectivity index (χ3v) is 3.14. The monoisotopic (exact) mass is 321 g/mol. The number of nitrogens with one attached hydrogen (secondary N) is 2. The van der Waals surface area contributed by atoms with Gasteiger partial charge in [-0.3, -0.25) is 0 Å². The molecule has 2 N–H and O–H groups in total. The number of anilines is 3. The summed E-state index contributed by atoms with van der Waals surface area (Å²) in [5, 5.41) is 5.80. The zero-order chi connectivity index (χ0) is 16.8. The number of aryl methyl sites for hydroxylation is 1. The van der Waals surface area contributed by atoms with Gasteiger partial charge in [0.05, 0.1) is 0 Å². The van der Waals surface area contributed by atoms with Crippen LogP contribution in [0.5, 0.6) is 0 Å². The van der Waals surface area contributed by atoms with E-state index >= 15 is 0 Å². The Labute approximate surface area is 134 Å². The zero-order valence-electron chi connectivity index (χ0n) is 13.5. The normalized spacial score (nSPS) is 10.9. The van der Waals surface area contributed by atoms with Crippen molar-refractivity contribution in [3.05, 3.63) is 41.6 Å². The molecule has 0 fully saturated rings. The average Bonchev–Trinajstić information content (AvgIpc) is 2.47. The van der Waals surface area contributed by atoms with Gasteiger partial charge in [0.2, 0.25) is 5.95 Å². The third-order valence-electron chi connectivity index (χ3n) is 3.14. The summed E-state index contributed by atoms with van der Waals surface area (Å²) in [6, 6.07) is 5.46. The Morgan fingerprint density at radius 1 is 1.13 bits per heavy atom. The lowest BCUT2D eigenvalue weighted by molar-refractivity contribution is 0.405. The highest BCUT2D eigenvalue weighted by molar-refractivity contribution is 5.56. The van der Waals surface area contributed by atoms with Crippen LogP contribution in [0.3, 0.4) is 0 Å². The number of halogens is 2. The van der Waals surface area contributed by atoms with E-state index in [4.69, 9.17) is 0 Å². The first kappa shape index (κ1) is 17.1.